The van der Waals surface area contributed by atoms with Crippen molar-refractivity contribution in [2.24, 2.45) is 5.92 Å². The van der Waals surface area contributed by atoms with E-state index in [0.717, 1.165) is 69.0 Å². The molecular formula is C27H35N3O3. The maximum absolute atomic E-state index is 12.2. The number of likely N-dealkylation sites (tertiary alicyclic amines) is 1. The summed E-state index contributed by atoms with van der Waals surface area (Å²) in [6.07, 6.45) is 7.78. The van der Waals surface area contributed by atoms with E-state index in [2.05, 4.69) is 33.4 Å². The molecule has 0 bridgehead atoms. The number of rotatable bonds is 10. The minimum absolute atomic E-state index is 0.522. The van der Waals surface area contributed by atoms with Gasteiger partial charge in [-0.2, -0.15) is 0 Å². The number of hydrogen-bond donors (Lipinski definition) is 2. The topological polar surface area (TPSA) is 74.7 Å². The molecule has 1 aromatic heterocycles. The molecule has 1 saturated carbocycles. The van der Waals surface area contributed by atoms with Crippen LogP contribution in [0.3, 0.4) is 0 Å². The lowest BCUT2D eigenvalue weighted by atomic mass is 9.96. The number of benzene rings is 1. The number of aromatic nitrogens is 1. The number of fused-ring (bicyclic) bond motifs is 1. The summed E-state index contributed by atoms with van der Waals surface area (Å²) in [5.74, 6) is 1.39. The first-order valence-electron chi connectivity index (χ1n) is 12.5. The van der Waals surface area contributed by atoms with Crippen LogP contribution in [0.15, 0.2) is 36.4 Å². The zero-order valence-electron chi connectivity index (χ0n) is 19.3. The molecule has 1 saturated heterocycles. The van der Waals surface area contributed by atoms with Crippen molar-refractivity contribution in [3.63, 3.8) is 0 Å². The minimum atomic E-state index is -0.723. The van der Waals surface area contributed by atoms with Crippen molar-refractivity contribution in [3.05, 3.63) is 58.8 Å². The smallest absolute Gasteiger partial charge is 0.325 e. The average Bonchev–Trinajstić information content (AvgIpc) is 3.58. The second kappa shape index (κ2) is 10.2. The molecule has 2 N–H and O–H groups in total. The highest BCUT2D eigenvalue weighted by Crippen LogP contribution is 2.44. The molecule has 2 fully saturated rings. The van der Waals surface area contributed by atoms with Crippen LogP contribution in [0.4, 0.5) is 5.82 Å². The lowest BCUT2D eigenvalue weighted by Crippen LogP contribution is -2.33. The van der Waals surface area contributed by atoms with Crippen LogP contribution in [-0.4, -0.2) is 47.2 Å². The highest BCUT2D eigenvalue weighted by molar-refractivity contribution is 5.76. The van der Waals surface area contributed by atoms with Gasteiger partial charge in [-0.25, -0.2) is 4.98 Å². The van der Waals surface area contributed by atoms with Crippen molar-refractivity contribution in [2.75, 3.05) is 31.6 Å². The van der Waals surface area contributed by atoms with E-state index < -0.39 is 12.0 Å². The van der Waals surface area contributed by atoms with Gasteiger partial charge >= 0.3 is 5.97 Å². The normalized spacial score (nSPS) is 21.4. The lowest BCUT2D eigenvalue weighted by Gasteiger charge is -2.26. The molecule has 2 aliphatic heterocycles. The first-order chi connectivity index (χ1) is 16.2. The number of nitrogens with one attached hydrogen (secondary N) is 1. The Morgan fingerprint density at radius 2 is 2.09 bits per heavy atom. The Bertz CT molecular complexity index is 975. The van der Waals surface area contributed by atoms with Crippen LogP contribution >= 0.6 is 0 Å². The van der Waals surface area contributed by atoms with E-state index in [0.29, 0.717) is 18.4 Å². The predicted octanol–water partition coefficient (Wildman–Crippen LogP) is 4.76. The van der Waals surface area contributed by atoms with Crippen molar-refractivity contribution in [1.82, 2.24) is 9.88 Å². The molecule has 3 heterocycles. The molecule has 3 aliphatic rings. The van der Waals surface area contributed by atoms with Gasteiger partial charge in [-0.1, -0.05) is 30.3 Å². The molecular weight excluding hydrogens is 414 g/mol. The van der Waals surface area contributed by atoms with Crippen LogP contribution in [0.5, 0.6) is 0 Å². The van der Waals surface area contributed by atoms with E-state index in [1.54, 1.807) is 0 Å². The Morgan fingerprint density at radius 3 is 2.94 bits per heavy atom. The van der Waals surface area contributed by atoms with E-state index in [1.807, 2.05) is 18.2 Å². The molecule has 5 rings (SSSR count). The average molecular weight is 450 g/mol. The van der Waals surface area contributed by atoms with Crippen LogP contribution in [0.2, 0.25) is 0 Å². The Balaban J connectivity index is 1.08. The number of hydrogen-bond acceptors (Lipinski definition) is 5. The van der Waals surface area contributed by atoms with E-state index >= 15 is 0 Å². The van der Waals surface area contributed by atoms with Gasteiger partial charge in [0.25, 0.3) is 0 Å². The number of nitrogens with zero attached hydrogens (tertiary/aromatic N) is 2. The summed E-state index contributed by atoms with van der Waals surface area (Å²) in [7, 11) is 0. The second-order valence-electron chi connectivity index (χ2n) is 9.83. The first kappa shape index (κ1) is 22.4. The van der Waals surface area contributed by atoms with Crippen molar-refractivity contribution >= 4 is 11.8 Å². The molecule has 33 heavy (non-hydrogen) atoms. The fourth-order valence-electron chi connectivity index (χ4n) is 5.44. The van der Waals surface area contributed by atoms with Gasteiger partial charge in [0, 0.05) is 19.7 Å². The molecule has 0 spiro atoms. The summed E-state index contributed by atoms with van der Waals surface area (Å²) in [6.45, 7) is 3.97. The number of pyridine rings is 1. The predicted molar refractivity (Wildman–Crippen MR) is 128 cm³/mol. The third-order valence-corrected chi connectivity index (χ3v) is 7.33. The maximum Gasteiger partial charge on any atom is 0.325 e. The van der Waals surface area contributed by atoms with Crippen molar-refractivity contribution in [3.8, 4) is 0 Å². The summed E-state index contributed by atoms with van der Waals surface area (Å²) in [4.78, 5) is 19.1. The van der Waals surface area contributed by atoms with Crippen molar-refractivity contribution in [1.29, 1.82) is 0 Å². The number of carboxylic acid groups (broad SMARTS) is 1. The number of carbonyl (C=O) groups is 1. The maximum atomic E-state index is 12.2. The van der Waals surface area contributed by atoms with Gasteiger partial charge in [-0.3, -0.25) is 9.69 Å². The van der Waals surface area contributed by atoms with Gasteiger partial charge in [0.1, 0.15) is 11.9 Å². The van der Waals surface area contributed by atoms with Gasteiger partial charge in [0.15, 0.2) is 0 Å². The molecule has 1 aliphatic carbocycles. The third-order valence-electron chi connectivity index (χ3n) is 7.33. The third kappa shape index (κ3) is 5.39. The molecule has 0 amide bonds. The zero-order chi connectivity index (χ0) is 22.6. The molecule has 2 atom stereocenters. The molecule has 6 nitrogen and oxygen atoms in total. The summed E-state index contributed by atoms with van der Waals surface area (Å²) >= 11 is 0. The van der Waals surface area contributed by atoms with Crippen LogP contribution in [0.1, 0.15) is 72.9 Å². The lowest BCUT2D eigenvalue weighted by molar-refractivity contribution is -0.143. The van der Waals surface area contributed by atoms with Gasteiger partial charge in [0.05, 0.1) is 12.3 Å². The molecule has 2 unspecified atom stereocenters. The summed E-state index contributed by atoms with van der Waals surface area (Å²) in [5, 5.41) is 13.4. The van der Waals surface area contributed by atoms with Crippen molar-refractivity contribution < 1.29 is 14.6 Å². The standard InChI is InChI=1S/C27H35N3O3/c31-27(32)25(24-8-2-1-7-23(24)20-9-10-20)30-15-13-19(17-30)5-4-16-33-18-22-12-11-21-6-3-14-28-26(21)29-22/h1-2,7-8,11-12,19-20,25H,3-6,9-10,13-18H2,(H,28,29)(H,31,32). The van der Waals surface area contributed by atoms with E-state index in [9.17, 15) is 9.90 Å². The number of aliphatic carboxylic acids is 1. The summed E-state index contributed by atoms with van der Waals surface area (Å²) in [5.41, 5.74) is 4.53. The Morgan fingerprint density at radius 1 is 1.21 bits per heavy atom. The van der Waals surface area contributed by atoms with Gasteiger partial charge in [0.2, 0.25) is 0 Å². The molecule has 6 heteroatoms. The summed E-state index contributed by atoms with van der Waals surface area (Å²) < 4.78 is 5.90. The first-order valence-corrected chi connectivity index (χ1v) is 12.5. The Hall–Kier alpha value is -2.44. The highest BCUT2D eigenvalue weighted by Gasteiger charge is 2.37. The van der Waals surface area contributed by atoms with E-state index in [1.165, 1.54) is 30.4 Å². The quantitative estimate of drug-likeness (QED) is 0.510. The molecule has 176 valence electrons. The highest BCUT2D eigenvalue weighted by atomic mass is 16.5. The van der Waals surface area contributed by atoms with Crippen LogP contribution in [-0.2, 0) is 22.6 Å². The number of aryl methyl sites for hydroxylation is 1. The van der Waals surface area contributed by atoms with Gasteiger partial charge in [-0.15, -0.1) is 0 Å². The molecule has 0 radical (unpaired) electrons. The SMILES string of the molecule is O=C(O)C(c1ccccc1C1CC1)N1CCC(CCCOCc2ccc3c(n2)NCCC3)C1. The van der Waals surface area contributed by atoms with Crippen LogP contribution in [0, 0.1) is 5.92 Å². The van der Waals surface area contributed by atoms with Crippen LogP contribution in [0.25, 0.3) is 0 Å². The van der Waals surface area contributed by atoms with Gasteiger partial charge in [-0.05, 0) is 86.1 Å². The van der Waals surface area contributed by atoms with E-state index in [4.69, 9.17) is 4.74 Å². The Labute approximate surface area is 196 Å². The van der Waals surface area contributed by atoms with Gasteiger partial charge < -0.3 is 15.2 Å². The number of ether oxygens (including phenoxy) is 1. The summed E-state index contributed by atoms with van der Waals surface area (Å²) in [6, 6.07) is 11.9. The monoisotopic (exact) mass is 449 g/mol. The minimum Gasteiger partial charge on any atom is -0.480 e. The number of anilines is 1. The molecule has 1 aromatic carbocycles. The molecule has 2 aromatic rings. The van der Waals surface area contributed by atoms with Crippen molar-refractivity contribution in [2.45, 2.75) is 63.5 Å². The fraction of sp³-hybridized carbons (Fsp3) is 0.556. The Kier molecular flexibility index (Phi) is 6.93. The second-order valence-corrected chi connectivity index (χ2v) is 9.83. The van der Waals surface area contributed by atoms with E-state index in [-0.39, 0.29) is 0 Å². The zero-order valence-corrected chi connectivity index (χ0v) is 19.3. The largest absolute Gasteiger partial charge is 0.480 e. The number of carboxylic acids is 1. The van der Waals surface area contributed by atoms with Crippen LogP contribution < -0.4 is 5.32 Å². The fourth-order valence-corrected chi connectivity index (χ4v) is 5.44.